The highest BCUT2D eigenvalue weighted by Crippen LogP contribution is 2.21. The lowest BCUT2D eigenvalue weighted by Gasteiger charge is -2.18. The summed E-state index contributed by atoms with van der Waals surface area (Å²) in [5, 5.41) is 15.1. The van der Waals surface area contributed by atoms with Gasteiger partial charge in [-0.3, -0.25) is 9.59 Å². The normalized spacial score (nSPS) is 11.8. The van der Waals surface area contributed by atoms with Crippen LogP contribution in [0.2, 0.25) is 0 Å². The van der Waals surface area contributed by atoms with Gasteiger partial charge in [-0.25, -0.2) is 0 Å². The summed E-state index contributed by atoms with van der Waals surface area (Å²) in [5.74, 6) is -0.367. The SMILES string of the molecule is CCCCc1nnc(NC(=O)CC(NC(C)=O)c2ccc(C)cc2)s1. The fourth-order valence-corrected chi connectivity index (χ4v) is 3.18. The Labute approximate surface area is 152 Å². The lowest BCUT2D eigenvalue weighted by atomic mass is 10.0. The van der Waals surface area contributed by atoms with Gasteiger partial charge >= 0.3 is 0 Å². The van der Waals surface area contributed by atoms with Crippen LogP contribution in [-0.2, 0) is 16.0 Å². The highest BCUT2D eigenvalue weighted by molar-refractivity contribution is 7.15. The van der Waals surface area contributed by atoms with E-state index in [1.165, 1.54) is 18.3 Å². The van der Waals surface area contributed by atoms with E-state index in [2.05, 4.69) is 27.8 Å². The van der Waals surface area contributed by atoms with E-state index in [0.29, 0.717) is 5.13 Å². The number of unbranched alkanes of at least 4 members (excludes halogenated alkanes) is 1. The van der Waals surface area contributed by atoms with Gasteiger partial charge in [-0.05, 0) is 18.9 Å². The molecule has 0 bridgehead atoms. The average Bonchev–Trinajstić information content (AvgIpc) is 2.99. The third kappa shape index (κ3) is 6.26. The number of aryl methyl sites for hydroxylation is 2. The molecule has 0 aliphatic heterocycles. The molecule has 0 saturated carbocycles. The van der Waals surface area contributed by atoms with E-state index in [-0.39, 0.29) is 24.3 Å². The van der Waals surface area contributed by atoms with Crippen LogP contribution in [0, 0.1) is 6.92 Å². The highest BCUT2D eigenvalue weighted by Gasteiger charge is 2.18. The fraction of sp³-hybridized carbons (Fsp3) is 0.444. The van der Waals surface area contributed by atoms with Crippen molar-refractivity contribution in [3.8, 4) is 0 Å². The zero-order valence-electron chi connectivity index (χ0n) is 14.8. The molecule has 0 aliphatic carbocycles. The van der Waals surface area contributed by atoms with Crippen molar-refractivity contribution in [1.29, 1.82) is 0 Å². The maximum absolute atomic E-state index is 12.3. The Bertz CT molecular complexity index is 712. The molecule has 1 aromatic heterocycles. The van der Waals surface area contributed by atoms with Crippen molar-refractivity contribution in [3.05, 3.63) is 40.4 Å². The summed E-state index contributed by atoms with van der Waals surface area (Å²) in [4.78, 5) is 23.8. The van der Waals surface area contributed by atoms with Crippen LogP contribution in [0.25, 0.3) is 0 Å². The maximum atomic E-state index is 12.3. The van der Waals surface area contributed by atoms with Gasteiger partial charge < -0.3 is 10.6 Å². The summed E-state index contributed by atoms with van der Waals surface area (Å²) in [5.41, 5.74) is 2.03. The third-order valence-corrected chi connectivity index (χ3v) is 4.60. The molecule has 1 aromatic carbocycles. The van der Waals surface area contributed by atoms with Crippen molar-refractivity contribution in [2.24, 2.45) is 0 Å². The van der Waals surface area contributed by atoms with Crippen molar-refractivity contribution in [2.75, 3.05) is 5.32 Å². The predicted molar refractivity (Wildman–Crippen MR) is 99.5 cm³/mol. The molecule has 0 spiro atoms. The first-order chi connectivity index (χ1) is 12.0. The predicted octanol–water partition coefficient (Wildman–Crippen LogP) is 3.40. The smallest absolute Gasteiger partial charge is 0.228 e. The molecular weight excluding hydrogens is 336 g/mol. The zero-order chi connectivity index (χ0) is 18.2. The lowest BCUT2D eigenvalue weighted by Crippen LogP contribution is -2.29. The van der Waals surface area contributed by atoms with Crippen molar-refractivity contribution >= 4 is 28.3 Å². The number of benzene rings is 1. The van der Waals surface area contributed by atoms with Gasteiger partial charge in [-0.1, -0.05) is 54.5 Å². The standard InChI is InChI=1S/C18H24N4O2S/c1-4-5-6-17-21-22-18(25-17)20-16(24)11-15(19-13(3)23)14-9-7-12(2)8-10-14/h7-10,15H,4-6,11H2,1-3H3,(H,19,23)(H,20,22,24). The molecule has 2 rings (SSSR count). The van der Waals surface area contributed by atoms with Crippen LogP contribution in [0.3, 0.4) is 0 Å². The van der Waals surface area contributed by atoms with Crippen LogP contribution in [0.4, 0.5) is 5.13 Å². The van der Waals surface area contributed by atoms with E-state index in [0.717, 1.165) is 35.4 Å². The Morgan fingerprint density at radius 2 is 1.92 bits per heavy atom. The molecule has 6 nitrogen and oxygen atoms in total. The second kappa shape index (κ2) is 9.27. The van der Waals surface area contributed by atoms with E-state index in [9.17, 15) is 9.59 Å². The Morgan fingerprint density at radius 1 is 1.20 bits per heavy atom. The largest absolute Gasteiger partial charge is 0.349 e. The van der Waals surface area contributed by atoms with E-state index in [4.69, 9.17) is 0 Å². The molecule has 134 valence electrons. The quantitative estimate of drug-likeness (QED) is 0.756. The molecular formula is C18H24N4O2S. The Hall–Kier alpha value is -2.28. The molecule has 0 radical (unpaired) electrons. The monoisotopic (exact) mass is 360 g/mol. The minimum absolute atomic E-state index is 0.145. The van der Waals surface area contributed by atoms with Gasteiger partial charge in [0.15, 0.2) is 0 Å². The number of hydrogen-bond acceptors (Lipinski definition) is 5. The Morgan fingerprint density at radius 3 is 2.56 bits per heavy atom. The number of amides is 2. The van der Waals surface area contributed by atoms with Gasteiger partial charge in [-0.2, -0.15) is 0 Å². The first-order valence-electron chi connectivity index (χ1n) is 8.43. The topological polar surface area (TPSA) is 84.0 Å². The molecule has 7 heteroatoms. The lowest BCUT2D eigenvalue weighted by molar-refractivity contribution is -0.120. The number of nitrogens with one attached hydrogen (secondary N) is 2. The molecule has 0 fully saturated rings. The molecule has 2 aromatic rings. The van der Waals surface area contributed by atoms with Crippen molar-refractivity contribution in [2.45, 2.75) is 52.5 Å². The Balaban J connectivity index is 2.00. The molecule has 2 amide bonds. The number of nitrogens with zero attached hydrogens (tertiary/aromatic N) is 2. The third-order valence-electron chi connectivity index (χ3n) is 3.70. The highest BCUT2D eigenvalue weighted by atomic mass is 32.1. The second-order valence-electron chi connectivity index (χ2n) is 6.02. The average molecular weight is 360 g/mol. The first kappa shape index (κ1) is 19.1. The molecule has 2 N–H and O–H groups in total. The number of hydrogen-bond donors (Lipinski definition) is 2. The zero-order valence-corrected chi connectivity index (χ0v) is 15.7. The second-order valence-corrected chi connectivity index (χ2v) is 7.08. The van der Waals surface area contributed by atoms with E-state index in [1.54, 1.807) is 0 Å². The fourth-order valence-electron chi connectivity index (χ4n) is 2.39. The van der Waals surface area contributed by atoms with Crippen LogP contribution < -0.4 is 10.6 Å². The number of carbonyl (C=O) groups is 2. The number of rotatable bonds is 8. The van der Waals surface area contributed by atoms with Gasteiger partial charge in [0, 0.05) is 13.3 Å². The van der Waals surface area contributed by atoms with Crippen LogP contribution >= 0.6 is 11.3 Å². The molecule has 1 heterocycles. The van der Waals surface area contributed by atoms with E-state index >= 15 is 0 Å². The minimum Gasteiger partial charge on any atom is -0.349 e. The molecule has 1 atom stereocenters. The van der Waals surface area contributed by atoms with Crippen LogP contribution in [0.5, 0.6) is 0 Å². The summed E-state index contributed by atoms with van der Waals surface area (Å²) in [6.45, 7) is 5.57. The molecule has 0 saturated heterocycles. The minimum atomic E-state index is -0.370. The van der Waals surface area contributed by atoms with Crippen LogP contribution in [-0.4, -0.2) is 22.0 Å². The van der Waals surface area contributed by atoms with Crippen LogP contribution in [0.15, 0.2) is 24.3 Å². The van der Waals surface area contributed by atoms with Gasteiger partial charge in [0.2, 0.25) is 16.9 Å². The van der Waals surface area contributed by atoms with Gasteiger partial charge in [0.1, 0.15) is 5.01 Å². The summed E-state index contributed by atoms with van der Waals surface area (Å²) < 4.78 is 0. The molecule has 0 aliphatic rings. The van der Waals surface area contributed by atoms with E-state index in [1.807, 2.05) is 31.2 Å². The first-order valence-corrected chi connectivity index (χ1v) is 9.25. The van der Waals surface area contributed by atoms with Gasteiger partial charge in [-0.15, -0.1) is 10.2 Å². The summed E-state index contributed by atoms with van der Waals surface area (Å²) >= 11 is 1.40. The molecule has 1 unspecified atom stereocenters. The maximum Gasteiger partial charge on any atom is 0.228 e. The molecule has 25 heavy (non-hydrogen) atoms. The Kier molecular flexibility index (Phi) is 7.06. The van der Waals surface area contributed by atoms with Gasteiger partial charge in [0.25, 0.3) is 0 Å². The van der Waals surface area contributed by atoms with Crippen molar-refractivity contribution < 1.29 is 9.59 Å². The summed E-state index contributed by atoms with van der Waals surface area (Å²) in [6.07, 6.45) is 3.17. The van der Waals surface area contributed by atoms with Gasteiger partial charge in [0.05, 0.1) is 12.5 Å². The number of carbonyl (C=O) groups excluding carboxylic acids is 2. The summed E-state index contributed by atoms with van der Waals surface area (Å²) in [6, 6.07) is 7.42. The van der Waals surface area contributed by atoms with Crippen molar-refractivity contribution in [1.82, 2.24) is 15.5 Å². The summed E-state index contributed by atoms with van der Waals surface area (Å²) in [7, 11) is 0. The number of aromatic nitrogens is 2. The number of anilines is 1. The van der Waals surface area contributed by atoms with E-state index < -0.39 is 0 Å². The van der Waals surface area contributed by atoms with Crippen molar-refractivity contribution in [3.63, 3.8) is 0 Å². The van der Waals surface area contributed by atoms with Crippen LogP contribution in [0.1, 0.15) is 55.3 Å².